The van der Waals surface area contributed by atoms with Crippen molar-refractivity contribution in [2.24, 2.45) is 0 Å². The zero-order chi connectivity index (χ0) is 14.8. The van der Waals surface area contributed by atoms with Gasteiger partial charge in [-0.1, -0.05) is 19.1 Å². The first kappa shape index (κ1) is 14.0. The van der Waals surface area contributed by atoms with Gasteiger partial charge in [0.1, 0.15) is 5.65 Å². The van der Waals surface area contributed by atoms with Gasteiger partial charge in [-0.15, -0.1) is 11.8 Å². The van der Waals surface area contributed by atoms with Gasteiger partial charge in [0.2, 0.25) is 0 Å². The molecule has 0 fully saturated rings. The lowest BCUT2D eigenvalue weighted by molar-refractivity contribution is 1.13. The highest BCUT2D eigenvalue weighted by molar-refractivity contribution is 7.99. The Labute approximate surface area is 129 Å². The number of benzene rings is 1. The van der Waals surface area contributed by atoms with Crippen LogP contribution in [0.5, 0.6) is 0 Å². The number of nitrogens with zero attached hydrogens (tertiary/aromatic N) is 3. The van der Waals surface area contributed by atoms with Crippen LogP contribution in [0.1, 0.15) is 6.92 Å². The number of imidazole rings is 1. The quantitative estimate of drug-likeness (QED) is 0.674. The molecule has 4 heteroatoms. The van der Waals surface area contributed by atoms with Crippen molar-refractivity contribution in [2.75, 3.05) is 24.7 Å². The molecule has 0 saturated heterocycles. The van der Waals surface area contributed by atoms with Crippen molar-refractivity contribution in [1.82, 2.24) is 9.38 Å². The van der Waals surface area contributed by atoms with Crippen LogP contribution in [0.2, 0.25) is 0 Å². The molecule has 0 amide bonds. The summed E-state index contributed by atoms with van der Waals surface area (Å²) in [6, 6.07) is 12.7. The number of fused-ring (bicyclic) bond motifs is 1. The summed E-state index contributed by atoms with van der Waals surface area (Å²) in [4.78, 5) is 8.07. The van der Waals surface area contributed by atoms with Gasteiger partial charge in [0.05, 0.1) is 5.69 Å². The van der Waals surface area contributed by atoms with Gasteiger partial charge < -0.3 is 9.30 Å². The summed E-state index contributed by atoms with van der Waals surface area (Å²) in [5.41, 5.74) is 4.35. The van der Waals surface area contributed by atoms with E-state index in [4.69, 9.17) is 4.98 Å². The molecule has 0 aliphatic rings. The van der Waals surface area contributed by atoms with Crippen LogP contribution in [0.25, 0.3) is 16.9 Å². The summed E-state index contributed by atoms with van der Waals surface area (Å²) in [7, 11) is 4.10. The van der Waals surface area contributed by atoms with E-state index in [0.29, 0.717) is 0 Å². The van der Waals surface area contributed by atoms with Crippen LogP contribution in [0.15, 0.2) is 53.7 Å². The Kier molecular flexibility index (Phi) is 3.88. The van der Waals surface area contributed by atoms with Crippen molar-refractivity contribution >= 4 is 23.1 Å². The van der Waals surface area contributed by atoms with Gasteiger partial charge in [0.15, 0.2) is 0 Å². The molecule has 2 aromatic heterocycles. The van der Waals surface area contributed by atoms with E-state index in [2.05, 4.69) is 65.0 Å². The first-order valence-electron chi connectivity index (χ1n) is 7.06. The molecule has 2 heterocycles. The minimum atomic E-state index is 0.988. The van der Waals surface area contributed by atoms with E-state index in [1.54, 1.807) is 0 Å². The Balaban J connectivity index is 1.96. The third-order valence-electron chi connectivity index (χ3n) is 3.41. The van der Waals surface area contributed by atoms with Gasteiger partial charge in [-0.2, -0.15) is 0 Å². The zero-order valence-corrected chi connectivity index (χ0v) is 13.4. The third kappa shape index (κ3) is 2.90. The fraction of sp³-hybridized carbons (Fsp3) is 0.235. The molecule has 108 valence electrons. The zero-order valence-electron chi connectivity index (χ0n) is 12.6. The van der Waals surface area contributed by atoms with Gasteiger partial charge in [-0.05, 0) is 30.0 Å². The molecule has 0 spiro atoms. The molecule has 1 aromatic carbocycles. The van der Waals surface area contributed by atoms with Gasteiger partial charge in [-0.25, -0.2) is 4.98 Å². The first-order chi connectivity index (χ1) is 10.2. The van der Waals surface area contributed by atoms with Gasteiger partial charge in [0.25, 0.3) is 0 Å². The summed E-state index contributed by atoms with van der Waals surface area (Å²) in [6.07, 6.45) is 4.24. The SMILES string of the molecule is CCSc1ccc2nc(-c3ccc(N(C)C)cc3)cn2c1. The number of hydrogen-bond acceptors (Lipinski definition) is 3. The fourth-order valence-corrected chi connectivity index (χ4v) is 2.98. The van der Waals surface area contributed by atoms with E-state index < -0.39 is 0 Å². The van der Waals surface area contributed by atoms with Crippen LogP contribution < -0.4 is 4.90 Å². The van der Waals surface area contributed by atoms with Gasteiger partial charge in [0, 0.05) is 42.6 Å². The lowest BCUT2D eigenvalue weighted by Gasteiger charge is -2.12. The topological polar surface area (TPSA) is 20.5 Å². The number of rotatable bonds is 4. The highest BCUT2D eigenvalue weighted by atomic mass is 32.2. The van der Waals surface area contributed by atoms with Crippen LogP contribution in [-0.2, 0) is 0 Å². The highest BCUT2D eigenvalue weighted by Crippen LogP contribution is 2.24. The molecule has 0 atom stereocenters. The number of anilines is 1. The Bertz CT molecular complexity index is 744. The molecule has 0 aliphatic heterocycles. The predicted molar refractivity (Wildman–Crippen MR) is 91.4 cm³/mol. The summed E-state index contributed by atoms with van der Waals surface area (Å²) >= 11 is 1.85. The summed E-state index contributed by atoms with van der Waals surface area (Å²) in [6.45, 7) is 2.17. The van der Waals surface area contributed by atoms with Crippen molar-refractivity contribution in [3.05, 3.63) is 48.8 Å². The fourth-order valence-electron chi connectivity index (χ4n) is 2.29. The minimum absolute atomic E-state index is 0.988. The molecular weight excluding hydrogens is 278 g/mol. The van der Waals surface area contributed by atoms with Crippen molar-refractivity contribution in [3.8, 4) is 11.3 Å². The standard InChI is InChI=1S/C17H19N3S/c1-4-21-15-9-10-17-18-16(12-20(17)11-15)13-5-7-14(8-6-13)19(2)3/h5-12H,4H2,1-3H3. The third-order valence-corrected chi connectivity index (χ3v) is 4.28. The second kappa shape index (κ2) is 5.82. The maximum Gasteiger partial charge on any atom is 0.137 e. The van der Waals surface area contributed by atoms with Crippen molar-refractivity contribution in [1.29, 1.82) is 0 Å². The molecule has 0 aliphatic carbocycles. The van der Waals surface area contributed by atoms with E-state index in [-0.39, 0.29) is 0 Å². The Hall–Kier alpha value is -1.94. The lowest BCUT2D eigenvalue weighted by atomic mass is 10.1. The maximum atomic E-state index is 4.70. The molecule has 0 saturated carbocycles. The van der Waals surface area contributed by atoms with E-state index in [1.165, 1.54) is 10.6 Å². The maximum absolute atomic E-state index is 4.70. The minimum Gasteiger partial charge on any atom is -0.378 e. The number of aromatic nitrogens is 2. The van der Waals surface area contributed by atoms with Gasteiger partial charge in [-0.3, -0.25) is 0 Å². The summed E-state index contributed by atoms with van der Waals surface area (Å²) < 4.78 is 2.10. The molecule has 21 heavy (non-hydrogen) atoms. The highest BCUT2D eigenvalue weighted by Gasteiger charge is 2.05. The Morgan fingerprint density at radius 1 is 1.05 bits per heavy atom. The molecule has 0 radical (unpaired) electrons. The average Bonchev–Trinajstić information content (AvgIpc) is 2.91. The van der Waals surface area contributed by atoms with E-state index in [9.17, 15) is 0 Å². The normalized spacial score (nSPS) is 11.0. The number of hydrogen-bond donors (Lipinski definition) is 0. The van der Waals surface area contributed by atoms with Crippen molar-refractivity contribution in [2.45, 2.75) is 11.8 Å². The molecular formula is C17H19N3S. The molecule has 3 rings (SSSR count). The van der Waals surface area contributed by atoms with E-state index in [0.717, 1.165) is 22.7 Å². The van der Waals surface area contributed by atoms with Crippen LogP contribution in [0, 0.1) is 0 Å². The molecule has 3 aromatic rings. The second-order valence-electron chi connectivity index (χ2n) is 5.13. The van der Waals surface area contributed by atoms with Crippen LogP contribution >= 0.6 is 11.8 Å². The second-order valence-corrected chi connectivity index (χ2v) is 6.47. The van der Waals surface area contributed by atoms with Crippen LogP contribution in [-0.4, -0.2) is 29.2 Å². The Morgan fingerprint density at radius 3 is 2.48 bits per heavy atom. The molecule has 0 N–H and O–H groups in total. The average molecular weight is 297 g/mol. The number of pyridine rings is 1. The largest absolute Gasteiger partial charge is 0.378 e. The number of thioether (sulfide) groups is 1. The smallest absolute Gasteiger partial charge is 0.137 e. The van der Waals surface area contributed by atoms with Crippen molar-refractivity contribution < 1.29 is 0 Å². The Morgan fingerprint density at radius 2 is 1.81 bits per heavy atom. The molecule has 3 nitrogen and oxygen atoms in total. The van der Waals surface area contributed by atoms with Crippen LogP contribution in [0.3, 0.4) is 0 Å². The monoisotopic (exact) mass is 297 g/mol. The lowest BCUT2D eigenvalue weighted by Crippen LogP contribution is -2.07. The van der Waals surface area contributed by atoms with E-state index in [1.807, 2.05) is 25.9 Å². The molecule has 0 bridgehead atoms. The molecule has 0 unspecified atom stereocenters. The summed E-state index contributed by atoms with van der Waals surface area (Å²) in [5, 5.41) is 0. The van der Waals surface area contributed by atoms with E-state index >= 15 is 0 Å². The first-order valence-corrected chi connectivity index (χ1v) is 8.05. The van der Waals surface area contributed by atoms with Crippen molar-refractivity contribution in [3.63, 3.8) is 0 Å². The van der Waals surface area contributed by atoms with Crippen LogP contribution in [0.4, 0.5) is 5.69 Å². The predicted octanol–water partition coefficient (Wildman–Crippen LogP) is 4.18. The summed E-state index contributed by atoms with van der Waals surface area (Å²) in [5.74, 6) is 1.08. The van der Waals surface area contributed by atoms with Gasteiger partial charge >= 0.3 is 0 Å².